The third-order valence-corrected chi connectivity index (χ3v) is 4.32. The smallest absolute Gasteiger partial charge is 0.0290 e. The summed E-state index contributed by atoms with van der Waals surface area (Å²) < 4.78 is 0. The third-order valence-electron chi connectivity index (χ3n) is 4.32. The number of hydrogen-bond acceptors (Lipinski definition) is 2. The van der Waals surface area contributed by atoms with Crippen molar-refractivity contribution in [2.24, 2.45) is 11.7 Å². The third kappa shape index (κ3) is 1.76. The number of rotatable bonds is 2. The second-order valence-electron chi connectivity index (χ2n) is 5.21. The molecule has 2 heteroatoms. The lowest BCUT2D eigenvalue weighted by Gasteiger charge is -2.49. The van der Waals surface area contributed by atoms with Gasteiger partial charge in [0, 0.05) is 12.1 Å². The summed E-state index contributed by atoms with van der Waals surface area (Å²) in [5.41, 5.74) is 7.80. The van der Waals surface area contributed by atoms with Gasteiger partial charge in [0.2, 0.25) is 0 Å². The normalized spacial score (nSPS) is 37.6. The van der Waals surface area contributed by atoms with Gasteiger partial charge in [0.1, 0.15) is 0 Å². The largest absolute Gasteiger partial charge is 0.326 e. The van der Waals surface area contributed by atoms with Gasteiger partial charge in [-0.15, -0.1) is 0 Å². The van der Waals surface area contributed by atoms with Crippen LogP contribution in [0.5, 0.6) is 0 Å². The Hall–Kier alpha value is -0.860. The molecular weight excluding hydrogens is 196 g/mol. The van der Waals surface area contributed by atoms with Crippen molar-refractivity contribution in [2.75, 3.05) is 13.1 Å². The van der Waals surface area contributed by atoms with Crippen molar-refractivity contribution in [1.82, 2.24) is 4.90 Å². The van der Waals surface area contributed by atoms with Gasteiger partial charge in [-0.1, -0.05) is 30.3 Å². The number of piperidine rings is 3. The summed E-state index contributed by atoms with van der Waals surface area (Å²) in [4.78, 5) is 2.59. The molecular formula is C14H20N2. The van der Waals surface area contributed by atoms with Gasteiger partial charge in [-0.3, -0.25) is 4.90 Å². The molecule has 86 valence electrons. The van der Waals surface area contributed by atoms with E-state index in [2.05, 4.69) is 35.2 Å². The van der Waals surface area contributed by atoms with E-state index < -0.39 is 0 Å². The Kier molecular flexibility index (Phi) is 2.70. The van der Waals surface area contributed by atoms with E-state index in [4.69, 9.17) is 5.73 Å². The molecule has 2 nitrogen and oxygen atoms in total. The van der Waals surface area contributed by atoms with Crippen LogP contribution >= 0.6 is 0 Å². The van der Waals surface area contributed by atoms with Gasteiger partial charge in [-0.05, 0) is 43.8 Å². The van der Waals surface area contributed by atoms with Crippen LogP contribution in [0.25, 0.3) is 0 Å². The van der Waals surface area contributed by atoms with E-state index in [1.54, 1.807) is 0 Å². The zero-order valence-corrected chi connectivity index (χ0v) is 9.68. The summed E-state index contributed by atoms with van der Waals surface area (Å²) in [6.45, 7) is 2.52. The average Bonchev–Trinajstić information content (AvgIpc) is 2.36. The Morgan fingerprint density at radius 3 is 2.44 bits per heavy atom. The van der Waals surface area contributed by atoms with Crippen molar-refractivity contribution in [3.8, 4) is 0 Å². The van der Waals surface area contributed by atoms with E-state index in [0.29, 0.717) is 12.1 Å². The molecule has 3 aliphatic rings. The number of nitrogens with two attached hydrogens (primary N) is 1. The second kappa shape index (κ2) is 4.19. The Balaban J connectivity index is 1.75. The lowest BCUT2D eigenvalue weighted by Crippen LogP contribution is -2.61. The number of hydrogen-bond donors (Lipinski definition) is 1. The van der Waals surface area contributed by atoms with E-state index in [1.807, 2.05) is 0 Å². The minimum absolute atomic E-state index is 0.391. The van der Waals surface area contributed by atoms with Crippen molar-refractivity contribution in [1.29, 1.82) is 0 Å². The zero-order valence-electron chi connectivity index (χ0n) is 9.68. The summed E-state index contributed by atoms with van der Waals surface area (Å²) >= 11 is 0. The fraction of sp³-hybridized carbons (Fsp3) is 0.571. The zero-order chi connectivity index (χ0) is 11.0. The van der Waals surface area contributed by atoms with Crippen LogP contribution in [0.1, 0.15) is 18.4 Å². The Bertz CT molecular complexity index is 339. The molecule has 16 heavy (non-hydrogen) atoms. The standard InChI is InChI=1S/C14H20N2/c15-14-12-6-8-16(9-7-12)13(14)10-11-4-2-1-3-5-11/h1-5,12-14H,6-10,15H2/t13-,14-/m0/s1. The maximum Gasteiger partial charge on any atom is 0.0290 e. The van der Waals surface area contributed by atoms with Crippen LogP contribution in [0.15, 0.2) is 30.3 Å². The van der Waals surface area contributed by atoms with Crippen molar-refractivity contribution in [3.05, 3.63) is 35.9 Å². The Morgan fingerprint density at radius 1 is 1.12 bits per heavy atom. The molecule has 2 atom stereocenters. The lowest BCUT2D eigenvalue weighted by molar-refractivity contribution is 0.0288. The summed E-state index contributed by atoms with van der Waals surface area (Å²) in [6.07, 6.45) is 3.75. The van der Waals surface area contributed by atoms with Crippen LogP contribution in [0.4, 0.5) is 0 Å². The van der Waals surface area contributed by atoms with Crippen molar-refractivity contribution < 1.29 is 0 Å². The molecule has 2 bridgehead atoms. The molecule has 3 fully saturated rings. The first-order valence-electron chi connectivity index (χ1n) is 6.38. The van der Waals surface area contributed by atoms with Gasteiger partial charge >= 0.3 is 0 Å². The van der Waals surface area contributed by atoms with Gasteiger partial charge in [0.05, 0.1) is 0 Å². The highest BCUT2D eigenvalue weighted by atomic mass is 15.2. The highest BCUT2D eigenvalue weighted by molar-refractivity contribution is 5.17. The van der Waals surface area contributed by atoms with Gasteiger partial charge in [-0.2, -0.15) is 0 Å². The first-order chi connectivity index (χ1) is 7.84. The summed E-state index contributed by atoms with van der Waals surface area (Å²) in [6, 6.07) is 11.7. The summed E-state index contributed by atoms with van der Waals surface area (Å²) in [7, 11) is 0. The Morgan fingerprint density at radius 2 is 1.81 bits per heavy atom. The van der Waals surface area contributed by atoms with Gasteiger partial charge in [-0.25, -0.2) is 0 Å². The Labute approximate surface area is 97.4 Å². The van der Waals surface area contributed by atoms with Crippen LogP contribution < -0.4 is 5.73 Å². The predicted molar refractivity (Wildman–Crippen MR) is 66.2 cm³/mol. The first-order valence-corrected chi connectivity index (χ1v) is 6.38. The summed E-state index contributed by atoms with van der Waals surface area (Å²) in [5.74, 6) is 0.777. The molecule has 0 saturated carbocycles. The quantitative estimate of drug-likeness (QED) is 0.814. The lowest BCUT2D eigenvalue weighted by atomic mass is 9.77. The average molecular weight is 216 g/mol. The van der Waals surface area contributed by atoms with Crippen molar-refractivity contribution in [3.63, 3.8) is 0 Å². The van der Waals surface area contributed by atoms with Crippen LogP contribution in [-0.4, -0.2) is 30.1 Å². The minimum Gasteiger partial charge on any atom is -0.326 e. The number of nitrogens with zero attached hydrogens (tertiary/aromatic N) is 1. The molecule has 3 heterocycles. The SMILES string of the molecule is N[C@H]1C2CCN(CC2)[C@H]1Cc1ccccc1. The maximum atomic E-state index is 6.37. The fourth-order valence-corrected chi connectivity index (χ4v) is 3.31. The van der Waals surface area contributed by atoms with E-state index in [0.717, 1.165) is 12.3 Å². The van der Waals surface area contributed by atoms with Crippen LogP contribution in [0.3, 0.4) is 0 Å². The van der Waals surface area contributed by atoms with Crippen LogP contribution in [0, 0.1) is 5.92 Å². The topological polar surface area (TPSA) is 29.3 Å². The van der Waals surface area contributed by atoms with Crippen LogP contribution in [-0.2, 0) is 6.42 Å². The molecule has 3 aliphatic heterocycles. The second-order valence-corrected chi connectivity index (χ2v) is 5.21. The van der Waals surface area contributed by atoms with Crippen molar-refractivity contribution in [2.45, 2.75) is 31.3 Å². The highest BCUT2D eigenvalue weighted by Crippen LogP contribution is 2.32. The number of benzene rings is 1. The molecule has 0 amide bonds. The van der Waals surface area contributed by atoms with Crippen LogP contribution in [0.2, 0.25) is 0 Å². The monoisotopic (exact) mass is 216 g/mol. The first kappa shape index (κ1) is 10.3. The molecule has 2 N–H and O–H groups in total. The molecule has 4 rings (SSSR count). The molecule has 1 aromatic rings. The van der Waals surface area contributed by atoms with Gasteiger partial charge < -0.3 is 5.73 Å². The molecule has 0 radical (unpaired) electrons. The molecule has 0 spiro atoms. The minimum atomic E-state index is 0.391. The van der Waals surface area contributed by atoms with Crippen molar-refractivity contribution >= 4 is 0 Å². The van der Waals surface area contributed by atoms with E-state index >= 15 is 0 Å². The molecule has 1 aromatic carbocycles. The molecule has 0 aliphatic carbocycles. The number of fused-ring (bicyclic) bond motifs is 3. The van der Waals surface area contributed by atoms with Gasteiger partial charge in [0.25, 0.3) is 0 Å². The molecule has 3 saturated heterocycles. The van der Waals surface area contributed by atoms with E-state index in [9.17, 15) is 0 Å². The molecule has 0 aromatic heterocycles. The maximum absolute atomic E-state index is 6.37. The fourth-order valence-electron chi connectivity index (χ4n) is 3.31. The predicted octanol–water partition coefficient (Wildman–Crippen LogP) is 1.65. The van der Waals surface area contributed by atoms with E-state index in [1.165, 1.54) is 31.5 Å². The molecule has 0 unspecified atom stereocenters. The van der Waals surface area contributed by atoms with E-state index in [-0.39, 0.29) is 0 Å². The highest BCUT2D eigenvalue weighted by Gasteiger charge is 2.39. The van der Waals surface area contributed by atoms with Gasteiger partial charge in [0.15, 0.2) is 0 Å². The summed E-state index contributed by atoms with van der Waals surface area (Å²) in [5, 5.41) is 0.